The average molecular weight is 422 g/mol. The van der Waals surface area contributed by atoms with Crippen LogP contribution in [0.15, 0.2) is 65.5 Å². The van der Waals surface area contributed by atoms with E-state index < -0.39 is 6.04 Å². The van der Waals surface area contributed by atoms with Crippen LogP contribution < -0.4 is 10.6 Å². The Labute approximate surface area is 181 Å². The quantitative estimate of drug-likeness (QED) is 0.603. The molecule has 1 atom stereocenters. The molecule has 1 heterocycles. The SMILES string of the molecule is CC(C)(C)c1ccc(C(=O)N[C@H](Cc2ccccc2)C(=O)NCc2cscn2)cc1. The van der Waals surface area contributed by atoms with E-state index in [4.69, 9.17) is 0 Å². The van der Waals surface area contributed by atoms with Crippen LogP contribution in [-0.4, -0.2) is 22.8 Å². The highest BCUT2D eigenvalue weighted by Crippen LogP contribution is 2.22. The van der Waals surface area contributed by atoms with Gasteiger partial charge in [0.2, 0.25) is 5.91 Å². The van der Waals surface area contributed by atoms with Gasteiger partial charge in [0, 0.05) is 17.4 Å². The molecule has 0 aliphatic carbocycles. The van der Waals surface area contributed by atoms with Crippen LogP contribution in [-0.2, 0) is 23.2 Å². The van der Waals surface area contributed by atoms with Gasteiger partial charge in [0.1, 0.15) is 6.04 Å². The Morgan fingerprint density at radius 3 is 2.33 bits per heavy atom. The third-order valence-electron chi connectivity index (χ3n) is 4.84. The summed E-state index contributed by atoms with van der Waals surface area (Å²) in [4.78, 5) is 29.9. The summed E-state index contributed by atoms with van der Waals surface area (Å²) in [5, 5.41) is 7.67. The molecule has 3 aromatic rings. The van der Waals surface area contributed by atoms with Gasteiger partial charge in [-0.05, 0) is 28.7 Å². The monoisotopic (exact) mass is 421 g/mol. The van der Waals surface area contributed by atoms with Crippen LogP contribution in [0.1, 0.15) is 48.0 Å². The van der Waals surface area contributed by atoms with Gasteiger partial charge in [-0.2, -0.15) is 0 Å². The first-order valence-corrected chi connectivity index (χ1v) is 10.9. The van der Waals surface area contributed by atoms with Crippen LogP contribution in [0.3, 0.4) is 0 Å². The minimum absolute atomic E-state index is 0.0143. The van der Waals surface area contributed by atoms with Crippen molar-refractivity contribution in [3.05, 3.63) is 87.9 Å². The maximum absolute atomic E-state index is 12.8. The molecular formula is C24H27N3O2S. The van der Waals surface area contributed by atoms with Crippen molar-refractivity contribution in [3.8, 4) is 0 Å². The molecule has 30 heavy (non-hydrogen) atoms. The lowest BCUT2D eigenvalue weighted by Gasteiger charge is -2.20. The number of hydrogen-bond donors (Lipinski definition) is 2. The second-order valence-electron chi connectivity index (χ2n) is 8.24. The standard InChI is InChI=1S/C24H27N3O2S/c1-24(2,3)19-11-9-18(10-12-19)22(28)27-21(13-17-7-5-4-6-8-17)23(29)25-14-20-15-30-16-26-20/h4-12,15-16,21H,13-14H2,1-3H3,(H,25,29)(H,27,28)/t21-/m1/s1. The molecule has 0 fully saturated rings. The number of hydrogen-bond acceptors (Lipinski definition) is 4. The summed E-state index contributed by atoms with van der Waals surface area (Å²) in [6.45, 7) is 6.73. The fourth-order valence-corrected chi connectivity index (χ4v) is 3.61. The highest BCUT2D eigenvalue weighted by Gasteiger charge is 2.22. The van der Waals surface area contributed by atoms with Crippen LogP contribution in [0.4, 0.5) is 0 Å². The summed E-state index contributed by atoms with van der Waals surface area (Å²) in [6, 6.07) is 16.5. The van der Waals surface area contributed by atoms with E-state index in [0.717, 1.165) is 16.8 Å². The molecule has 156 valence electrons. The first kappa shape index (κ1) is 21.7. The predicted octanol–water partition coefficient (Wildman–Crippen LogP) is 4.10. The minimum Gasteiger partial charge on any atom is -0.349 e. The van der Waals surface area contributed by atoms with Crippen LogP contribution in [0.2, 0.25) is 0 Å². The third kappa shape index (κ3) is 6.00. The van der Waals surface area contributed by atoms with E-state index >= 15 is 0 Å². The minimum atomic E-state index is -0.680. The summed E-state index contributed by atoms with van der Waals surface area (Å²) >= 11 is 1.48. The number of benzene rings is 2. The molecule has 0 radical (unpaired) electrons. The molecule has 1 aromatic heterocycles. The third-order valence-corrected chi connectivity index (χ3v) is 5.48. The van der Waals surface area contributed by atoms with Gasteiger partial charge in [0.15, 0.2) is 0 Å². The average Bonchev–Trinajstić information content (AvgIpc) is 3.25. The van der Waals surface area contributed by atoms with E-state index in [2.05, 4.69) is 36.4 Å². The topological polar surface area (TPSA) is 71.1 Å². The lowest BCUT2D eigenvalue weighted by molar-refractivity contribution is -0.123. The number of carbonyl (C=O) groups is 2. The van der Waals surface area contributed by atoms with Crippen molar-refractivity contribution < 1.29 is 9.59 Å². The molecule has 0 unspecified atom stereocenters. The van der Waals surface area contributed by atoms with Gasteiger partial charge in [-0.3, -0.25) is 9.59 Å². The molecule has 0 saturated carbocycles. The van der Waals surface area contributed by atoms with Crippen molar-refractivity contribution >= 4 is 23.2 Å². The number of aromatic nitrogens is 1. The van der Waals surface area contributed by atoms with Gasteiger partial charge in [-0.15, -0.1) is 11.3 Å². The van der Waals surface area contributed by atoms with E-state index in [1.807, 2.05) is 60.0 Å². The second kappa shape index (κ2) is 9.67. The molecule has 3 rings (SSSR count). The Morgan fingerprint density at radius 2 is 1.73 bits per heavy atom. The molecule has 0 spiro atoms. The molecule has 2 amide bonds. The van der Waals surface area contributed by atoms with Crippen LogP contribution in [0, 0.1) is 0 Å². The maximum Gasteiger partial charge on any atom is 0.251 e. The van der Waals surface area contributed by atoms with Gasteiger partial charge in [0.25, 0.3) is 5.91 Å². The number of nitrogens with one attached hydrogen (secondary N) is 2. The number of rotatable bonds is 7. The largest absolute Gasteiger partial charge is 0.349 e. The number of amides is 2. The van der Waals surface area contributed by atoms with E-state index in [1.165, 1.54) is 11.3 Å². The lowest BCUT2D eigenvalue weighted by Crippen LogP contribution is -2.47. The fraction of sp³-hybridized carbons (Fsp3) is 0.292. The molecule has 0 aliphatic rings. The lowest BCUT2D eigenvalue weighted by atomic mass is 9.86. The van der Waals surface area contributed by atoms with Crippen LogP contribution in [0.25, 0.3) is 0 Å². The van der Waals surface area contributed by atoms with Gasteiger partial charge in [-0.25, -0.2) is 4.98 Å². The Kier molecular flexibility index (Phi) is 7.00. The Bertz CT molecular complexity index is 962. The molecule has 6 heteroatoms. The molecule has 0 bridgehead atoms. The van der Waals surface area contributed by atoms with Crippen molar-refractivity contribution in [2.45, 2.75) is 45.2 Å². The van der Waals surface area contributed by atoms with Crippen molar-refractivity contribution in [2.24, 2.45) is 0 Å². The predicted molar refractivity (Wildman–Crippen MR) is 121 cm³/mol. The first-order valence-electron chi connectivity index (χ1n) is 9.93. The van der Waals surface area contributed by atoms with Gasteiger partial charge in [-0.1, -0.05) is 63.2 Å². The number of carbonyl (C=O) groups excluding carboxylic acids is 2. The summed E-state index contributed by atoms with van der Waals surface area (Å²) in [5.74, 6) is -0.494. The van der Waals surface area contributed by atoms with Gasteiger partial charge < -0.3 is 10.6 Å². The summed E-state index contributed by atoms with van der Waals surface area (Å²) in [7, 11) is 0. The molecule has 5 nitrogen and oxygen atoms in total. The van der Waals surface area contributed by atoms with Crippen LogP contribution >= 0.6 is 11.3 Å². The van der Waals surface area contributed by atoms with E-state index in [0.29, 0.717) is 18.5 Å². The molecule has 2 aromatic carbocycles. The van der Waals surface area contributed by atoms with E-state index in [9.17, 15) is 9.59 Å². The summed E-state index contributed by atoms with van der Waals surface area (Å²) < 4.78 is 0. The Morgan fingerprint density at radius 1 is 1.03 bits per heavy atom. The van der Waals surface area contributed by atoms with Gasteiger partial charge >= 0.3 is 0 Å². The zero-order chi connectivity index (χ0) is 21.6. The summed E-state index contributed by atoms with van der Waals surface area (Å²) in [5.41, 5.74) is 5.21. The fourth-order valence-electron chi connectivity index (χ4n) is 3.05. The van der Waals surface area contributed by atoms with E-state index in [-0.39, 0.29) is 17.2 Å². The molecule has 2 N–H and O–H groups in total. The van der Waals surface area contributed by atoms with Crippen molar-refractivity contribution in [3.63, 3.8) is 0 Å². The molecule has 0 saturated heterocycles. The van der Waals surface area contributed by atoms with E-state index in [1.54, 1.807) is 5.51 Å². The Balaban J connectivity index is 1.72. The zero-order valence-corrected chi connectivity index (χ0v) is 18.3. The first-order chi connectivity index (χ1) is 14.3. The molecule has 0 aliphatic heterocycles. The highest BCUT2D eigenvalue weighted by atomic mass is 32.1. The second-order valence-corrected chi connectivity index (χ2v) is 8.96. The van der Waals surface area contributed by atoms with Crippen molar-refractivity contribution in [1.29, 1.82) is 0 Å². The van der Waals surface area contributed by atoms with Crippen molar-refractivity contribution in [2.75, 3.05) is 0 Å². The van der Waals surface area contributed by atoms with Crippen LogP contribution in [0.5, 0.6) is 0 Å². The zero-order valence-electron chi connectivity index (χ0n) is 17.5. The number of nitrogens with zero attached hydrogens (tertiary/aromatic N) is 1. The maximum atomic E-state index is 12.8. The van der Waals surface area contributed by atoms with Gasteiger partial charge in [0.05, 0.1) is 17.7 Å². The summed E-state index contributed by atoms with van der Waals surface area (Å²) in [6.07, 6.45) is 0.412. The van der Waals surface area contributed by atoms with Crippen molar-refractivity contribution in [1.82, 2.24) is 15.6 Å². The Hall–Kier alpha value is -2.99. The highest BCUT2D eigenvalue weighted by molar-refractivity contribution is 7.07. The normalized spacial score (nSPS) is 12.2. The number of thiazole rings is 1. The molecular weight excluding hydrogens is 394 g/mol. The smallest absolute Gasteiger partial charge is 0.251 e.